The number of hydrogen-bond donors (Lipinski definition) is 1. The Hall–Kier alpha value is -0.0800. The van der Waals surface area contributed by atoms with Gasteiger partial charge in [0.15, 0.2) is 0 Å². The summed E-state index contributed by atoms with van der Waals surface area (Å²) >= 11 is 0. The molecule has 14 heavy (non-hydrogen) atoms. The Bertz CT molecular complexity index is 123. The first-order valence-electron chi connectivity index (χ1n) is 5.89. The van der Waals surface area contributed by atoms with Crippen LogP contribution >= 0.6 is 0 Å². The maximum atomic E-state index is 5.47. The van der Waals surface area contributed by atoms with E-state index in [0.29, 0.717) is 12.1 Å². The second-order valence-corrected chi connectivity index (χ2v) is 4.21. The van der Waals surface area contributed by atoms with Gasteiger partial charge in [-0.2, -0.15) is 0 Å². The number of methoxy groups -OCH3 is 1. The molecule has 0 aliphatic heterocycles. The molecule has 0 aliphatic carbocycles. The zero-order valence-electron chi connectivity index (χ0n) is 10.5. The molecule has 0 bridgehead atoms. The van der Waals surface area contributed by atoms with Crippen molar-refractivity contribution in [1.29, 1.82) is 0 Å². The van der Waals surface area contributed by atoms with Gasteiger partial charge in [-0.1, -0.05) is 33.6 Å². The Morgan fingerprint density at radius 2 is 1.93 bits per heavy atom. The standard InChI is InChI=1S/C12H27NO/c1-6-8-10(3)9-11(13-4)12(7-2)14-5/h10-13H,6-9H2,1-5H3. The summed E-state index contributed by atoms with van der Waals surface area (Å²) in [4.78, 5) is 0. The quantitative estimate of drug-likeness (QED) is 0.652. The van der Waals surface area contributed by atoms with E-state index in [1.807, 2.05) is 14.2 Å². The molecule has 0 aromatic rings. The average molecular weight is 201 g/mol. The lowest BCUT2D eigenvalue weighted by Gasteiger charge is -2.27. The summed E-state index contributed by atoms with van der Waals surface area (Å²) in [6.07, 6.45) is 5.26. The number of nitrogens with one attached hydrogen (secondary N) is 1. The number of hydrogen-bond acceptors (Lipinski definition) is 2. The fourth-order valence-corrected chi connectivity index (χ4v) is 2.12. The molecular formula is C12H27NO. The van der Waals surface area contributed by atoms with E-state index in [1.54, 1.807) is 0 Å². The molecule has 0 radical (unpaired) electrons. The van der Waals surface area contributed by atoms with E-state index in [0.717, 1.165) is 12.3 Å². The van der Waals surface area contributed by atoms with E-state index in [-0.39, 0.29) is 0 Å². The summed E-state index contributed by atoms with van der Waals surface area (Å²) < 4.78 is 5.47. The summed E-state index contributed by atoms with van der Waals surface area (Å²) in [7, 11) is 3.84. The van der Waals surface area contributed by atoms with Gasteiger partial charge in [0.2, 0.25) is 0 Å². The highest BCUT2D eigenvalue weighted by Gasteiger charge is 2.19. The first-order valence-corrected chi connectivity index (χ1v) is 5.89. The Morgan fingerprint density at radius 3 is 2.29 bits per heavy atom. The molecule has 3 atom stereocenters. The lowest BCUT2D eigenvalue weighted by atomic mass is 9.93. The summed E-state index contributed by atoms with van der Waals surface area (Å²) in [6, 6.07) is 0.506. The van der Waals surface area contributed by atoms with Gasteiger partial charge in [-0.3, -0.25) is 0 Å². The fourth-order valence-electron chi connectivity index (χ4n) is 2.12. The van der Waals surface area contributed by atoms with Crippen molar-refractivity contribution in [3.63, 3.8) is 0 Å². The molecule has 0 spiro atoms. The number of rotatable bonds is 8. The van der Waals surface area contributed by atoms with Crippen molar-refractivity contribution in [2.24, 2.45) is 5.92 Å². The first kappa shape index (κ1) is 13.9. The Kier molecular flexibility index (Phi) is 8.20. The summed E-state index contributed by atoms with van der Waals surface area (Å²) in [5.74, 6) is 0.793. The maximum absolute atomic E-state index is 5.47. The van der Waals surface area contributed by atoms with Crippen LogP contribution in [0.1, 0.15) is 46.5 Å². The number of likely N-dealkylation sites (N-methyl/N-ethyl adjacent to an activating group) is 1. The highest BCUT2D eigenvalue weighted by atomic mass is 16.5. The zero-order valence-corrected chi connectivity index (χ0v) is 10.5. The molecule has 0 rings (SSSR count). The van der Waals surface area contributed by atoms with Crippen molar-refractivity contribution < 1.29 is 4.74 Å². The van der Waals surface area contributed by atoms with Crippen LogP contribution in [0.4, 0.5) is 0 Å². The van der Waals surface area contributed by atoms with Crippen LogP contribution < -0.4 is 5.32 Å². The molecule has 0 aromatic carbocycles. The van der Waals surface area contributed by atoms with Crippen LogP contribution in [0.2, 0.25) is 0 Å². The normalized spacial score (nSPS) is 17.8. The molecule has 1 N–H and O–H groups in total. The van der Waals surface area contributed by atoms with Gasteiger partial charge in [-0.25, -0.2) is 0 Å². The van der Waals surface area contributed by atoms with Crippen LogP contribution in [0.25, 0.3) is 0 Å². The SMILES string of the molecule is CCCC(C)CC(NC)C(CC)OC. The summed E-state index contributed by atoms with van der Waals surface area (Å²) in [5.41, 5.74) is 0. The molecule has 3 unspecified atom stereocenters. The average Bonchev–Trinajstić information content (AvgIpc) is 2.18. The molecule has 0 saturated carbocycles. The van der Waals surface area contributed by atoms with Gasteiger partial charge in [0.1, 0.15) is 0 Å². The van der Waals surface area contributed by atoms with Crippen LogP contribution in [-0.2, 0) is 4.74 Å². The number of ether oxygens (including phenoxy) is 1. The fraction of sp³-hybridized carbons (Fsp3) is 1.00. The Labute approximate surface area is 89.4 Å². The van der Waals surface area contributed by atoms with Crippen molar-refractivity contribution in [3.8, 4) is 0 Å². The largest absolute Gasteiger partial charge is 0.380 e. The topological polar surface area (TPSA) is 21.3 Å². The molecule has 2 nitrogen and oxygen atoms in total. The maximum Gasteiger partial charge on any atom is 0.0721 e. The molecular weight excluding hydrogens is 174 g/mol. The van der Waals surface area contributed by atoms with E-state index in [9.17, 15) is 0 Å². The minimum atomic E-state index is 0.360. The van der Waals surface area contributed by atoms with E-state index in [1.165, 1.54) is 19.3 Å². The van der Waals surface area contributed by atoms with Gasteiger partial charge in [0.25, 0.3) is 0 Å². The van der Waals surface area contributed by atoms with Crippen molar-refractivity contribution in [2.45, 2.75) is 58.6 Å². The predicted octanol–water partition coefficient (Wildman–Crippen LogP) is 2.83. The molecule has 0 saturated heterocycles. The van der Waals surface area contributed by atoms with Gasteiger partial charge >= 0.3 is 0 Å². The van der Waals surface area contributed by atoms with Crippen molar-refractivity contribution >= 4 is 0 Å². The second-order valence-electron chi connectivity index (χ2n) is 4.21. The van der Waals surface area contributed by atoms with Gasteiger partial charge in [0, 0.05) is 13.2 Å². The van der Waals surface area contributed by atoms with Crippen molar-refractivity contribution in [1.82, 2.24) is 5.32 Å². The molecule has 0 aromatic heterocycles. The van der Waals surface area contributed by atoms with E-state index in [2.05, 4.69) is 26.1 Å². The van der Waals surface area contributed by atoms with E-state index < -0.39 is 0 Å². The smallest absolute Gasteiger partial charge is 0.0721 e. The highest BCUT2D eigenvalue weighted by Crippen LogP contribution is 2.16. The van der Waals surface area contributed by atoms with Crippen LogP contribution in [0, 0.1) is 5.92 Å². The molecule has 0 aliphatic rings. The van der Waals surface area contributed by atoms with Crippen LogP contribution in [-0.4, -0.2) is 26.3 Å². The minimum Gasteiger partial charge on any atom is -0.380 e. The van der Waals surface area contributed by atoms with E-state index in [4.69, 9.17) is 4.74 Å². The third kappa shape index (κ3) is 4.97. The highest BCUT2D eigenvalue weighted by molar-refractivity contribution is 4.76. The summed E-state index contributed by atoms with van der Waals surface area (Å²) in [6.45, 7) is 6.76. The van der Waals surface area contributed by atoms with Gasteiger partial charge in [-0.05, 0) is 25.8 Å². The van der Waals surface area contributed by atoms with Crippen LogP contribution in [0.5, 0.6) is 0 Å². The Morgan fingerprint density at radius 1 is 1.29 bits per heavy atom. The van der Waals surface area contributed by atoms with Crippen molar-refractivity contribution in [2.75, 3.05) is 14.2 Å². The lowest BCUT2D eigenvalue weighted by Crippen LogP contribution is -2.39. The van der Waals surface area contributed by atoms with Crippen molar-refractivity contribution in [3.05, 3.63) is 0 Å². The minimum absolute atomic E-state index is 0.360. The second kappa shape index (κ2) is 8.25. The van der Waals surface area contributed by atoms with Gasteiger partial charge in [0.05, 0.1) is 6.10 Å². The lowest BCUT2D eigenvalue weighted by molar-refractivity contribution is 0.0597. The summed E-state index contributed by atoms with van der Waals surface area (Å²) in [5, 5.41) is 3.37. The molecule has 86 valence electrons. The molecule has 0 heterocycles. The monoisotopic (exact) mass is 201 g/mol. The molecule has 2 heteroatoms. The molecule has 0 fully saturated rings. The zero-order chi connectivity index (χ0) is 11.0. The van der Waals surface area contributed by atoms with Crippen LogP contribution in [0.15, 0.2) is 0 Å². The van der Waals surface area contributed by atoms with Gasteiger partial charge < -0.3 is 10.1 Å². The third-order valence-corrected chi connectivity index (χ3v) is 2.96. The predicted molar refractivity (Wildman–Crippen MR) is 62.6 cm³/mol. The van der Waals surface area contributed by atoms with Crippen LogP contribution in [0.3, 0.4) is 0 Å². The molecule has 0 amide bonds. The third-order valence-electron chi connectivity index (χ3n) is 2.96. The van der Waals surface area contributed by atoms with E-state index >= 15 is 0 Å². The van der Waals surface area contributed by atoms with Gasteiger partial charge in [-0.15, -0.1) is 0 Å². The first-order chi connectivity index (χ1) is 6.69. The Balaban J connectivity index is 3.98.